The van der Waals surface area contributed by atoms with Crippen molar-refractivity contribution in [3.05, 3.63) is 35.4 Å². The van der Waals surface area contributed by atoms with Crippen molar-refractivity contribution in [1.82, 2.24) is 5.32 Å². The number of hydrogen-bond donors (Lipinski definition) is 2. The summed E-state index contributed by atoms with van der Waals surface area (Å²) in [7, 11) is 1.62. The Labute approximate surface area is 125 Å². The normalized spacial score (nSPS) is 12.1. The molecule has 21 heavy (non-hydrogen) atoms. The van der Waals surface area contributed by atoms with Crippen molar-refractivity contribution in [2.24, 2.45) is 0 Å². The van der Waals surface area contributed by atoms with Crippen molar-refractivity contribution < 1.29 is 19.4 Å². The standard InChI is InChI=1S/C16H23NO4/c1-12-4-6-13(7-5-12)16(20)14(8-9-15(18)19)17-10-3-11-21-2/h4-7,14,17H,3,8-11H2,1-2H3,(H,18,19). The number of aryl methyl sites for hydroxylation is 1. The fourth-order valence-corrected chi connectivity index (χ4v) is 2.01. The van der Waals surface area contributed by atoms with Gasteiger partial charge in [-0.15, -0.1) is 0 Å². The zero-order chi connectivity index (χ0) is 15.7. The lowest BCUT2D eigenvalue weighted by molar-refractivity contribution is -0.137. The first kappa shape index (κ1) is 17.3. The molecule has 1 unspecified atom stereocenters. The van der Waals surface area contributed by atoms with Crippen molar-refractivity contribution >= 4 is 11.8 Å². The van der Waals surface area contributed by atoms with E-state index < -0.39 is 12.0 Å². The van der Waals surface area contributed by atoms with E-state index in [-0.39, 0.29) is 18.6 Å². The quantitative estimate of drug-likeness (QED) is 0.510. The van der Waals surface area contributed by atoms with Crippen molar-refractivity contribution in [3.63, 3.8) is 0 Å². The number of benzene rings is 1. The number of rotatable bonds is 10. The molecule has 1 aromatic carbocycles. The summed E-state index contributed by atoms with van der Waals surface area (Å²) in [5.41, 5.74) is 1.69. The van der Waals surface area contributed by atoms with E-state index in [2.05, 4.69) is 5.32 Å². The molecule has 0 radical (unpaired) electrons. The average Bonchev–Trinajstić information content (AvgIpc) is 2.46. The molecule has 0 saturated heterocycles. The molecule has 0 aliphatic carbocycles. The first-order valence-corrected chi connectivity index (χ1v) is 7.09. The maximum absolute atomic E-state index is 12.4. The second-order valence-corrected chi connectivity index (χ2v) is 5.02. The van der Waals surface area contributed by atoms with Crippen LogP contribution >= 0.6 is 0 Å². The summed E-state index contributed by atoms with van der Waals surface area (Å²) in [4.78, 5) is 23.2. The van der Waals surface area contributed by atoms with Crippen LogP contribution in [0.1, 0.15) is 35.2 Å². The Morgan fingerprint density at radius 3 is 2.52 bits per heavy atom. The third-order valence-electron chi connectivity index (χ3n) is 3.22. The zero-order valence-corrected chi connectivity index (χ0v) is 12.6. The molecule has 5 nitrogen and oxygen atoms in total. The molecule has 0 aromatic heterocycles. The highest BCUT2D eigenvalue weighted by molar-refractivity contribution is 6.00. The number of ketones is 1. The van der Waals surface area contributed by atoms with Crippen molar-refractivity contribution in [2.45, 2.75) is 32.2 Å². The molecule has 0 heterocycles. The molecule has 1 rings (SSSR count). The van der Waals surface area contributed by atoms with Gasteiger partial charge in [0.2, 0.25) is 0 Å². The van der Waals surface area contributed by atoms with E-state index in [1.54, 1.807) is 19.2 Å². The summed E-state index contributed by atoms with van der Waals surface area (Å²) in [5, 5.41) is 11.9. The van der Waals surface area contributed by atoms with Crippen LogP contribution in [-0.4, -0.2) is 43.2 Å². The minimum atomic E-state index is -0.893. The summed E-state index contributed by atoms with van der Waals surface area (Å²) in [6.07, 6.45) is 1.04. The minimum Gasteiger partial charge on any atom is -0.481 e. The molecule has 0 fully saturated rings. The smallest absolute Gasteiger partial charge is 0.303 e. The number of methoxy groups -OCH3 is 1. The Morgan fingerprint density at radius 1 is 1.29 bits per heavy atom. The van der Waals surface area contributed by atoms with Gasteiger partial charge in [-0.05, 0) is 26.3 Å². The van der Waals surface area contributed by atoms with Gasteiger partial charge >= 0.3 is 5.97 Å². The van der Waals surface area contributed by atoms with Crippen LogP contribution in [0.25, 0.3) is 0 Å². The summed E-state index contributed by atoms with van der Waals surface area (Å²) in [6.45, 7) is 3.19. The van der Waals surface area contributed by atoms with Gasteiger partial charge in [0.1, 0.15) is 0 Å². The lowest BCUT2D eigenvalue weighted by Crippen LogP contribution is -2.38. The third kappa shape index (κ3) is 6.51. The highest BCUT2D eigenvalue weighted by Crippen LogP contribution is 2.10. The van der Waals surface area contributed by atoms with Crippen molar-refractivity contribution in [3.8, 4) is 0 Å². The zero-order valence-electron chi connectivity index (χ0n) is 12.6. The Bertz CT molecular complexity index is 456. The van der Waals surface area contributed by atoms with Gasteiger partial charge < -0.3 is 15.2 Å². The van der Waals surface area contributed by atoms with Crippen LogP contribution < -0.4 is 5.32 Å². The van der Waals surface area contributed by atoms with Crippen LogP contribution in [0.4, 0.5) is 0 Å². The number of carbonyl (C=O) groups is 2. The molecule has 0 amide bonds. The van der Waals surface area contributed by atoms with Gasteiger partial charge in [0, 0.05) is 25.7 Å². The van der Waals surface area contributed by atoms with Gasteiger partial charge in [-0.2, -0.15) is 0 Å². The van der Waals surface area contributed by atoms with E-state index in [1.165, 1.54) is 0 Å². The molecular weight excluding hydrogens is 270 g/mol. The molecule has 2 N–H and O–H groups in total. The van der Waals surface area contributed by atoms with E-state index in [0.29, 0.717) is 18.7 Å². The Balaban J connectivity index is 2.66. The highest BCUT2D eigenvalue weighted by atomic mass is 16.5. The second-order valence-electron chi connectivity index (χ2n) is 5.02. The predicted molar refractivity (Wildman–Crippen MR) is 80.7 cm³/mol. The van der Waals surface area contributed by atoms with E-state index in [4.69, 9.17) is 9.84 Å². The fraction of sp³-hybridized carbons (Fsp3) is 0.500. The minimum absolute atomic E-state index is 0.0282. The number of aliphatic carboxylic acids is 1. The number of carbonyl (C=O) groups excluding carboxylic acids is 1. The first-order chi connectivity index (χ1) is 10.0. The number of ether oxygens (including phenoxy) is 1. The average molecular weight is 293 g/mol. The molecule has 0 saturated carbocycles. The lowest BCUT2D eigenvalue weighted by atomic mass is 9.99. The maximum atomic E-state index is 12.4. The Morgan fingerprint density at radius 2 is 1.95 bits per heavy atom. The van der Waals surface area contributed by atoms with Crippen LogP contribution in [0, 0.1) is 6.92 Å². The van der Waals surface area contributed by atoms with Crippen LogP contribution in [0.3, 0.4) is 0 Å². The van der Waals surface area contributed by atoms with Crippen LogP contribution in [0.15, 0.2) is 24.3 Å². The molecule has 0 spiro atoms. The van der Waals surface area contributed by atoms with Crippen molar-refractivity contribution in [2.75, 3.05) is 20.3 Å². The molecule has 0 aliphatic heterocycles. The molecule has 116 valence electrons. The molecule has 1 atom stereocenters. The lowest BCUT2D eigenvalue weighted by Gasteiger charge is -2.17. The number of Topliss-reactive ketones (excluding diaryl/α,β-unsaturated/α-hetero) is 1. The third-order valence-corrected chi connectivity index (χ3v) is 3.22. The maximum Gasteiger partial charge on any atom is 0.303 e. The molecule has 1 aromatic rings. The van der Waals surface area contributed by atoms with Crippen LogP contribution in [0.5, 0.6) is 0 Å². The predicted octanol–water partition coefficient (Wildman–Crippen LogP) is 2.04. The summed E-state index contributed by atoms with van der Waals surface area (Å²) < 4.78 is 4.96. The Kier molecular flexibility index (Phi) is 7.64. The van der Waals surface area contributed by atoms with Gasteiger partial charge in [-0.25, -0.2) is 0 Å². The van der Waals surface area contributed by atoms with E-state index in [9.17, 15) is 9.59 Å². The Hall–Kier alpha value is -1.72. The van der Waals surface area contributed by atoms with Gasteiger partial charge in [0.25, 0.3) is 0 Å². The topological polar surface area (TPSA) is 75.6 Å². The summed E-state index contributed by atoms with van der Waals surface area (Å²) >= 11 is 0. The fourth-order valence-electron chi connectivity index (χ4n) is 2.01. The van der Waals surface area contributed by atoms with E-state index in [0.717, 1.165) is 12.0 Å². The van der Waals surface area contributed by atoms with Gasteiger partial charge in [-0.3, -0.25) is 9.59 Å². The van der Waals surface area contributed by atoms with E-state index >= 15 is 0 Å². The van der Waals surface area contributed by atoms with Gasteiger partial charge in [0.05, 0.1) is 6.04 Å². The van der Waals surface area contributed by atoms with Crippen molar-refractivity contribution in [1.29, 1.82) is 0 Å². The first-order valence-electron chi connectivity index (χ1n) is 7.09. The number of carboxylic acid groups (broad SMARTS) is 1. The number of hydrogen-bond acceptors (Lipinski definition) is 4. The number of nitrogens with one attached hydrogen (secondary N) is 1. The SMILES string of the molecule is COCCCNC(CCC(=O)O)C(=O)c1ccc(C)cc1. The molecule has 5 heteroatoms. The van der Waals surface area contributed by atoms with Gasteiger partial charge in [-0.1, -0.05) is 29.8 Å². The van der Waals surface area contributed by atoms with Crippen LogP contribution in [0.2, 0.25) is 0 Å². The molecule has 0 bridgehead atoms. The van der Waals surface area contributed by atoms with Crippen LogP contribution in [-0.2, 0) is 9.53 Å². The molecule has 0 aliphatic rings. The number of carboxylic acids is 1. The summed E-state index contributed by atoms with van der Waals surface area (Å²) in [5.74, 6) is -0.955. The monoisotopic (exact) mass is 293 g/mol. The summed E-state index contributed by atoms with van der Waals surface area (Å²) in [6, 6.07) is 6.85. The second kappa shape index (κ2) is 9.26. The molecular formula is C16H23NO4. The van der Waals surface area contributed by atoms with Gasteiger partial charge in [0.15, 0.2) is 5.78 Å². The largest absolute Gasteiger partial charge is 0.481 e. The van der Waals surface area contributed by atoms with E-state index in [1.807, 2.05) is 19.1 Å². The highest BCUT2D eigenvalue weighted by Gasteiger charge is 2.20.